The summed E-state index contributed by atoms with van der Waals surface area (Å²) in [5.74, 6) is 0.188. The van der Waals surface area contributed by atoms with Crippen LogP contribution in [0.2, 0.25) is 0 Å². The lowest BCUT2D eigenvalue weighted by Gasteiger charge is -2.37. The molecule has 1 aliphatic carbocycles. The van der Waals surface area contributed by atoms with Crippen molar-refractivity contribution in [3.8, 4) is 0 Å². The van der Waals surface area contributed by atoms with Crippen molar-refractivity contribution in [2.24, 2.45) is 11.3 Å². The van der Waals surface area contributed by atoms with E-state index in [1.165, 1.54) is 6.07 Å². The molecule has 1 aromatic heterocycles. The number of pyridine rings is 1. The SMILES string of the molecule is CC1CC(c2ccc(C(F)(F)F)cn2)CC(C)(C)C1=O. The molecule has 1 saturated carbocycles. The first-order chi connectivity index (χ1) is 9.11. The minimum absolute atomic E-state index is 0.0417. The van der Waals surface area contributed by atoms with E-state index in [4.69, 9.17) is 0 Å². The molecule has 1 fully saturated rings. The van der Waals surface area contributed by atoms with E-state index in [1.807, 2.05) is 20.8 Å². The lowest BCUT2D eigenvalue weighted by Crippen LogP contribution is -2.37. The number of carbonyl (C=O) groups excluding carboxylic acids is 1. The van der Waals surface area contributed by atoms with Crippen molar-refractivity contribution in [3.05, 3.63) is 29.6 Å². The first-order valence-corrected chi connectivity index (χ1v) is 6.69. The zero-order chi connectivity index (χ0) is 15.1. The summed E-state index contributed by atoms with van der Waals surface area (Å²) < 4.78 is 37.5. The average molecular weight is 285 g/mol. The zero-order valence-corrected chi connectivity index (χ0v) is 11.8. The first kappa shape index (κ1) is 15.0. The third-order valence-electron chi connectivity index (χ3n) is 4.04. The topological polar surface area (TPSA) is 30.0 Å². The van der Waals surface area contributed by atoms with Crippen LogP contribution in [0.4, 0.5) is 13.2 Å². The Kier molecular flexibility index (Phi) is 3.65. The number of nitrogens with zero attached hydrogens (tertiary/aromatic N) is 1. The second kappa shape index (κ2) is 4.86. The molecule has 2 atom stereocenters. The maximum absolute atomic E-state index is 12.5. The van der Waals surface area contributed by atoms with Crippen LogP contribution in [0.1, 0.15) is 50.8 Å². The molecule has 1 aliphatic rings. The Morgan fingerprint density at radius 1 is 1.30 bits per heavy atom. The summed E-state index contributed by atoms with van der Waals surface area (Å²) in [5.41, 5.74) is -0.530. The summed E-state index contributed by atoms with van der Waals surface area (Å²) in [6.07, 6.45) is -2.20. The summed E-state index contributed by atoms with van der Waals surface area (Å²) in [4.78, 5) is 16.0. The van der Waals surface area contributed by atoms with Gasteiger partial charge in [0.25, 0.3) is 0 Å². The lowest BCUT2D eigenvalue weighted by molar-refractivity contribution is -0.137. The van der Waals surface area contributed by atoms with Crippen molar-refractivity contribution in [1.29, 1.82) is 0 Å². The number of rotatable bonds is 1. The summed E-state index contributed by atoms with van der Waals surface area (Å²) in [6, 6.07) is 2.50. The highest BCUT2D eigenvalue weighted by Crippen LogP contribution is 2.43. The van der Waals surface area contributed by atoms with E-state index >= 15 is 0 Å². The Morgan fingerprint density at radius 3 is 2.40 bits per heavy atom. The van der Waals surface area contributed by atoms with Gasteiger partial charge < -0.3 is 0 Å². The molecule has 5 heteroatoms. The number of hydrogen-bond acceptors (Lipinski definition) is 2. The minimum atomic E-state index is -4.36. The third kappa shape index (κ3) is 2.86. The Morgan fingerprint density at radius 2 is 1.95 bits per heavy atom. The van der Waals surface area contributed by atoms with Crippen LogP contribution in [-0.4, -0.2) is 10.8 Å². The van der Waals surface area contributed by atoms with Crippen molar-refractivity contribution in [3.63, 3.8) is 0 Å². The molecule has 0 amide bonds. The normalized spacial score (nSPS) is 26.6. The highest BCUT2D eigenvalue weighted by Gasteiger charge is 2.40. The molecule has 0 saturated heterocycles. The van der Waals surface area contributed by atoms with E-state index < -0.39 is 17.2 Å². The van der Waals surface area contributed by atoms with Gasteiger partial charge in [0.05, 0.1) is 5.56 Å². The fraction of sp³-hybridized carbons (Fsp3) is 0.600. The molecule has 0 N–H and O–H groups in total. The predicted molar refractivity (Wildman–Crippen MR) is 69.2 cm³/mol. The van der Waals surface area contributed by atoms with Gasteiger partial charge in [-0.15, -0.1) is 0 Å². The maximum atomic E-state index is 12.5. The summed E-state index contributed by atoms with van der Waals surface area (Å²) in [7, 11) is 0. The van der Waals surface area contributed by atoms with Gasteiger partial charge in [0.1, 0.15) is 5.78 Å². The molecule has 0 radical (unpaired) electrons. The first-order valence-electron chi connectivity index (χ1n) is 6.69. The van der Waals surface area contributed by atoms with Gasteiger partial charge in [0.2, 0.25) is 0 Å². The van der Waals surface area contributed by atoms with Crippen molar-refractivity contribution >= 4 is 5.78 Å². The van der Waals surface area contributed by atoms with Crippen molar-refractivity contribution < 1.29 is 18.0 Å². The minimum Gasteiger partial charge on any atom is -0.299 e. The summed E-state index contributed by atoms with van der Waals surface area (Å²) >= 11 is 0. The summed E-state index contributed by atoms with van der Waals surface area (Å²) in [5, 5.41) is 0. The molecule has 2 rings (SSSR count). The molecule has 0 aromatic carbocycles. The molecule has 0 bridgehead atoms. The van der Waals surface area contributed by atoms with Gasteiger partial charge in [-0.05, 0) is 25.0 Å². The van der Waals surface area contributed by atoms with Crippen LogP contribution in [0.5, 0.6) is 0 Å². The Labute approximate surface area is 116 Å². The van der Waals surface area contributed by atoms with Gasteiger partial charge in [-0.3, -0.25) is 9.78 Å². The van der Waals surface area contributed by atoms with Crippen LogP contribution in [-0.2, 0) is 11.0 Å². The largest absolute Gasteiger partial charge is 0.417 e. The third-order valence-corrected chi connectivity index (χ3v) is 4.04. The lowest BCUT2D eigenvalue weighted by atomic mass is 9.66. The molecule has 110 valence electrons. The molecule has 20 heavy (non-hydrogen) atoms. The van der Waals surface area contributed by atoms with E-state index in [1.54, 1.807) is 0 Å². The number of aromatic nitrogens is 1. The molecule has 1 aromatic rings. The second-order valence-electron chi connectivity index (χ2n) is 6.26. The molecular formula is C15H18F3NO. The van der Waals surface area contributed by atoms with Crippen LogP contribution in [0, 0.1) is 11.3 Å². The van der Waals surface area contributed by atoms with E-state index in [-0.39, 0.29) is 17.6 Å². The highest BCUT2D eigenvalue weighted by molar-refractivity contribution is 5.87. The predicted octanol–water partition coefficient (Wildman–Crippen LogP) is 4.21. The zero-order valence-electron chi connectivity index (χ0n) is 11.8. The molecule has 1 heterocycles. The monoisotopic (exact) mass is 285 g/mol. The average Bonchev–Trinajstić information content (AvgIpc) is 2.34. The number of halogens is 3. The van der Waals surface area contributed by atoms with Crippen molar-refractivity contribution in [2.45, 2.75) is 45.7 Å². The molecule has 0 spiro atoms. The highest BCUT2D eigenvalue weighted by atomic mass is 19.4. The Hall–Kier alpha value is -1.39. The van der Waals surface area contributed by atoms with Crippen LogP contribution >= 0.6 is 0 Å². The number of alkyl halides is 3. The fourth-order valence-corrected chi connectivity index (χ4v) is 3.04. The number of hydrogen-bond donors (Lipinski definition) is 0. The van der Waals surface area contributed by atoms with Gasteiger partial charge in [-0.25, -0.2) is 0 Å². The Balaban J connectivity index is 2.22. The number of carbonyl (C=O) groups is 1. The number of Topliss-reactive ketones (excluding diaryl/α,β-unsaturated/α-hetero) is 1. The maximum Gasteiger partial charge on any atom is 0.417 e. The van der Waals surface area contributed by atoms with Crippen LogP contribution in [0.15, 0.2) is 18.3 Å². The second-order valence-corrected chi connectivity index (χ2v) is 6.26. The van der Waals surface area contributed by atoms with Crippen LogP contribution in [0.25, 0.3) is 0 Å². The van der Waals surface area contributed by atoms with Gasteiger partial charge in [-0.1, -0.05) is 20.8 Å². The van der Waals surface area contributed by atoms with E-state index in [2.05, 4.69) is 4.98 Å². The molecule has 0 aliphatic heterocycles. The quantitative estimate of drug-likeness (QED) is 0.773. The standard InChI is InChI=1S/C15H18F3NO/c1-9-6-10(7-14(2,3)13(9)20)12-5-4-11(8-19-12)15(16,17)18/h4-5,8-10H,6-7H2,1-3H3. The van der Waals surface area contributed by atoms with Gasteiger partial charge in [0, 0.05) is 29.1 Å². The van der Waals surface area contributed by atoms with Crippen LogP contribution < -0.4 is 0 Å². The van der Waals surface area contributed by atoms with Gasteiger partial charge in [0.15, 0.2) is 0 Å². The van der Waals surface area contributed by atoms with Crippen molar-refractivity contribution in [2.75, 3.05) is 0 Å². The Bertz CT molecular complexity index is 505. The molecule has 2 unspecified atom stereocenters. The van der Waals surface area contributed by atoms with Crippen LogP contribution in [0.3, 0.4) is 0 Å². The van der Waals surface area contributed by atoms with E-state index in [9.17, 15) is 18.0 Å². The summed E-state index contributed by atoms with van der Waals surface area (Å²) in [6.45, 7) is 5.66. The van der Waals surface area contributed by atoms with E-state index in [0.717, 1.165) is 12.3 Å². The molecule has 2 nitrogen and oxygen atoms in total. The fourth-order valence-electron chi connectivity index (χ4n) is 3.04. The van der Waals surface area contributed by atoms with E-state index in [0.29, 0.717) is 18.5 Å². The van der Waals surface area contributed by atoms with Crippen molar-refractivity contribution in [1.82, 2.24) is 4.98 Å². The molecular weight excluding hydrogens is 267 g/mol. The smallest absolute Gasteiger partial charge is 0.299 e. The number of ketones is 1. The van der Waals surface area contributed by atoms with Gasteiger partial charge >= 0.3 is 6.18 Å². The van der Waals surface area contributed by atoms with Gasteiger partial charge in [-0.2, -0.15) is 13.2 Å².